The molecule has 0 unspecified atom stereocenters. The number of guanidine groups is 2. The van der Waals surface area contributed by atoms with Crippen molar-refractivity contribution in [2.45, 2.75) is 241 Å². The van der Waals surface area contributed by atoms with Crippen molar-refractivity contribution in [1.29, 1.82) is 10.8 Å². The van der Waals surface area contributed by atoms with E-state index in [4.69, 9.17) is 28.0 Å². The molecule has 0 aromatic heterocycles. The molecule has 0 aliphatic carbocycles. The van der Waals surface area contributed by atoms with E-state index in [0.29, 0.717) is 55.3 Å². The van der Waals surface area contributed by atoms with Crippen molar-refractivity contribution in [3.05, 3.63) is 108 Å². The molecule has 1 aliphatic rings. The van der Waals surface area contributed by atoms with Gasteiger partial charge in [0, 0.05) is 51.4 Å². The third-order valence-electron chi connectivity index (χ3n) is 19.0. The van der Waals surface area contributed by atoms with Gasteiger partial charge in [-0.1, -0.05) is 143 Å². The SMILES string of the molecule is CC(C)C[C@@H]1NC(=O)[C@H](CCCNC(=N)N)NC(=O)[C@H](CCCNC(=N)NCCCCCCCCS)NC(=O)[C@H]([C@@H](C)O)NC(=O)[C@H](CO)NC(=O)[C@H](C(c2ccccc2)c2ccccc2)NC(=O)[C@H](CC(=O)O)NC(=O)[C@H](Cc2ccccc2)NC(=O)[C@H](CCC(N)=O)NC(=O)CCCCCCNC(=O)[C@H](CCCCN)NC1=O. The predicted molar refractivity (Wildman–Crippen MR) is 436 cm³/mol. The van der Waals surface area contributed by atoms with E-state index in [-0.39, 0.29) is 102 Å². The van der Waals surface area contributed by atoms with Gasteiger partial charge in [-0.25, -0.2) is 0 Å². The van der Waals surface area contributed by atoms with E-state index in [1.54, 1.807) is 105 Å². The van der Waals surface area contributed by atoms with E-state index in [2.05, 4.69) is 87.1 Å². The Morgan fingerprint density at radius 1 is 0.487 bits per heavy atom. The first kappa shape index (κ1) is 96.9. The molecule has 11 atom stereocenters. The third kappa shape index (κ3) is 38.0. The molecule has 36 heteroatoms. The molecular formula is C79H123N19O16S. The number of benzene rings is 3. The van der Waals surface area contributed by atoms with E-state index in [1.807, 2.05) is 0 Å². The zero-order valence-electron chi connectivity index (χ0n) is 66.2. The fraction of sp³-hybridized carbons (Fsp3) is 0.582. The van der Waals surface area contributed by atoms with Crippen LogP contribution in [0.2, 0.25) is 0 Å². The van der Waals surface area contributed by atoms with Crippen molar-refractivity contribution in [1.82, 2.24) is 74.4 Å². The highest BCUT2D eigenvalue weighted by molar-refractivity contribution is 7.80. The summed E-state index contributed by atoms with van der Waals surface area (Å²) in [5, 5.41) is 86.4. The molecule has 115 heavy (non-hydrogen) atoms. The number of aliphatic hydroxyl groups is 2. The minimum atomic E-state index is -2.04. The Morgan fingerprint density at radius 2 is 0.930 bits per heavy atom. The summed E-state index contributed by atoms with van der Waals surface area (Å²) >= 11 is 4.27. The predicted octanol–water partition coefficient (Wildman–Crippen LogP) is -0.294. The molecule has 0 spiro atoms. The van der Waals surface area contributed by atoms with Gasteiger partial charge in [-0.3, -0.25) is 73.1 Å². The Bertz CT molecular complexity index is 3550. The second-order valence-electron chi connectivity index (χ2n) is 29.1. The van der Waals surface area contributed by atoms with Crippen molar-refractivity contribution in [2.24, 2.45) is 23.1 Å². The summed E-state index contributed by atoms with van der Waals surface area (Å²) in [5.74, 6) is -14.2. The van der Waals surface area contributed by atoms with Gasteiger partial charge < -0.3 is 107 Å². The average Bonchev–Trinajstić information content (AvgIpc) is 0.799. The lowest BCUT2D eigenvalue weighted by molar-refractivity contribution is -0.141. The van der Waals surface area contributed by atoms with Gasteiger partial charge in [0.05, 0.1) is 19.1 Å². The zero-order chi connectivity index (χ0) is 84.6. The van der Waals surface area contributed by atoms with Crippen molar-refractivity contribution >= 4 is 101 Å². The number of primary amides is 1. The number of nitrogens with two attached hydrogens (primary N) is 3. The molecule has 35 nitrogen and oxygen atoms in total. The highest BCUT2D eigenvalue weighted by Crippen LogP contribution is 2.29. The van der Waals surface area contributed by atoms with Gasteiger partial charge in [-0.15, -0.1) is 0 Å². The number of unbranched alkanes of at least 4 members (excludes halogenated alkanes) is 6. The van der Waals surface area contributed by atoms with Crippen LogP contribution in [0.25, 0.3) is 0 Å². The number of nitrogens with one attached hydrogen (secondary N) is 16. The fourth-order valence-corrected chi connectivity index (χ4v) is 13.0. The first-order valence-electron chi connectivity index (χ1n) is 39.7. The molecule has 4 rings (SSSR count). The van der Waals surface area contributed by atoms with E-state index in [0.717, 1.165) is 51.2 Å². The van der Waals surface area contributed by atoms with E-state index >= 15 is 9.59 Å². The number of hydrogen-bond donors (Lipinski definition) is 23. The van der Waals surface area contributed by atoms with Crippen LogP contribution in [0.4, 0.5) is 0 Å². The van der Waals surface area contributed by atoms with Crippen molar-refractivity contribution in [2.75, 3.05) is 45.1 Å². The molecule has 0 bridgehead atoms. The Morgan fingerprint density at radius 3 is 1.48 bits per heavy atom. The summed E-state index contributed by atoms with van der Waals surface area (Å²) in [7, 11) is 0. The maximum Gasteiger partial charge on any atom is 0.305 e. The molecule has 1 aliphatic heterocycles. The number of carboxylic acids is 1. The maximum atomic E-state index is 15.3. The molecule has 0 saturated carbocycles. The van der Waals surface area contributed by atoms with Crippen LogP contribution in [-0.2, 0) is 68.7 Å². The highest BCUT2D eigenvalue weighted by Gasteiger charge is 2.40. The summed E-state index contributed by atoms with van der Waals surface area (Å²) in [6.45, 7) is 4.54. The van der Waals surface area contributed by atoms with Crippen LogP contribution in [0.3, 0.4) is 0 Å². The first-order valence-corrected chi connectivity index (χ1v) is 40.4. The molecule has 25 N–H and O–H groups in total. The van der Waals surface area contributed by atoms with Gasteiger partial charge in [0.1, 0.15) is 60.4 Å². The number of carbonyl (C=O) groups is 13. The fourth-order valence-electron chi connectivity index (χ4n) is 12.8. The monoisotopic (exact) mass is 1630 g/mol. The van der Waals surface area contributed by atoms with E-state index in [1.165, 1.54) is 0 Å². The summed E-state index contributed by atoms with van der Waals surface area (Å²) in [6, 6.07) is 8.03. The summed E-state index contributed by atoms with van der Waals surface area (Å²) in [5.41, 5.74) is 18.2. The molecule has 636 valence electrons. The maximum absolute atomic E-state index is 15.3. The highest BCUT2D eigenvalue weighted by atomic mass is 32.1. The van der Waals surface area contributed by atoms with Gasteiger partial charge in [0.25, 0.3) is 0 Å². The van der Waals surface area contributed by atoms with Crippen LogP contribution >= 0.6 is 12.6 Å². The average molecular weight is 1630 g/mol. The van der Waals surface area contributed by atoms with Gasteiger partial charge in [0.15, 0.2) is 11.9 Å². The van der Waals surface area contributed by atoms with Gasteiger partial charge in [-0.2, -0.15) is 12.6 Å². The summed E-state index contributed by atoms with van der Waals surface area (Å²) in [6.07, 6.45) is 4.42. The Labute approximate surface area is 678 Å². The minimum Gasteiger partial charge on any atom is -0.481 e. The Kier molecular flexibility index (Phi) is 45.8. The Balaban J connectivity index is 1.88. The van der Waals surface area contributed by atoms with Crippen LogP contribution in [0.15, 0.2) is 91.0 Å². The number of amides is 12. The topological polar surface area (TPSA) is 577 Å². The number of aliphatic hydroxyl groups excluding tert-OH is 2. The summed E-state index contributed by atoms with van der Waals surface area (Å²) in [4.78, 5) is 186. The third-order valence-corrected chi connectivity index (χ3v) is 19.3. The van der Waals surface area contributed by atoms with Gasteiger partial charge in [0.2, 0.25) is 70.9 Å². The van der Waals surface area contributed by atoms with Crippen LogP contribution in [0.1, 0.15) is 185 Å². The number of aliphatic carboxylic acids is 1. The van der Waals surface area contributed by atoms with Crippen LogP contribution in [0.5, 0.6) is 0 Å². The van der Waals surface area contributed by atoms with Gasteiger partial charge in [-0.05, 0) is 125 Å². The number of hydrogen-bond acceptors (Lipinski definition) is 19. The van der Waals surface area contributed by atoms with Crippen LogP contribution in [0, 0.1) is 16.7 Å². The Hall–Kier alpha value is -10.5. The standard InChI is InChI=1S/C79H123N19O16S/c1-49(2)45-58-72(109)90-54(33-20-21-39-80)68(105)85-40-22-8-6-19-36-63(102)89-57(37-38-62(81)101)71(108)94-59(46-51-27-13-10-14-28-51)73(110)95-60(47-64(103)104)74(111)98-67(65(52-29-15-11-16-30-52)53-31-17-12-18-32-53)77(114)96-61(48-99)75(112)97-66(50(3)100)76(113)92-56(69(106)91-55(70(107)93-58)34-25-42-86-78(82)83)35-26-43-88-79(84)87-41-23-7-4-5-9-24-44-115/h10-18,27-32,49-50,54-61,65-67,99-100,115H,4-9,19-26,33-48,80H2,1-3H3,(H2,81,101)(H,85,105)(H,89,102)(H,90,109)(H,91,106)(H,92,113)(H,93,107)(H,94,108)(H,95,110)(H,96,114)(H,97,112)(H,98,111)(H,103,104)(H4,82,83,86)(H3,84,87,88)/t50-,54+,55+,56+,57+,58+,59+,60+,61+,66+,67+/m1/s1. The van der Waals surface area contributed by atoms with Crippen LogP contribution in [-0.4, -0.2) is 216 Å². The second kappa shape index (κ2) is 54.3. The lowest BCUT2D eigenvalue weighted by Gasteiger charge is -2.31. The molecular weight excluding hydrogens is 1500 g/mol. The smallest absolute Gasteiger partial charge is 0.305 e. The van der Waals surface area contributed by atoms with Crippen LogP contribution < -0.4 is 91.6 Å². The number of carboxylic acid groups (broad SMARTS) is 1. The van der Waals surface area contributed by atoms with Crippen molar-refractivity contribution in [3.63, 3.8) is 0 Å². The quantitative estimate of drug-likeness (QED) is 0.0158. The lowest BCUT2D eigenvalue weighted by atomic mass is 9.84. The largest absolute Gasteiger partial charge is 0.481 e. The second-order valence-corrected chi connectivity index (χ2v) is 29.6. The number of thiol groups is 1. The zero-order valence-corrected chi connectivity index (χ0v) is 67.1. The molecule has 1 saturated heterocycles. The molecule has 3 aromatic carbocycles. The molecule has 3 aromatic rings. The van der Waals surface area contributed by atoms with E-state index < -0.39 is 175 Å². The number of rotatable bonds is 34. The first-order chi connectivity index (χ1) is 55.0. The summed E-state index contributed by atoms with van der Waals surface area (Å²) < 4.78 is 0. The normalized spacial score (nSPS) is 21.9. The lowest BCUT2D eigenvalue weighted by Crippen LogP contribution is -2.63. The molecule has 1 fully saturated rings. The van der Waals surface area contributed by atoms with Crippen molar-refractivity contribution < 1.29 is 77.6 Å². The van der Waals surface area contributed by atoms with E-state index in [9.17, 15) is 68.1 Å². The molecule has 1 heterocycles. The van der Waals surface area contributed by atoms with Gasteiger partial charge >= 0.3 is 5.97 Å². The minimum absolute atomic E-state index is 0.0201. The molecule has 12 amide bonds. The molecule has 0 radical (unpaired) electrons. The van der Waals surface area contributed by atoms with Crippen molar-refractivity contribution in [3.8, 4) is 0 Å². The number of carbonyl (C=O) groups excluding carboxylic acids is 12.